The second-order valence-electron chi connectivity index (χ2n) is 6.43. The monoisotopic (exact) mass is 290 g/mol. The van der Waals surface area contributed by atoms with Gasteiger partial charge in [-0.3, -0.25) is 4.79 Å². The van der Waals surface area contributed by atoms with Gasteiger partial charge in [0, 0.05) is 31.9 Å². The first-order valence-corrected chi connectivity index (χ1v) is 8.05. The Morgan fingerprint density at radius 3 is 2.95 bits per heavy atom. The predicted octanol–water partition coefficient (Wildman–Crippen LogP) is 1.65. The molecule has 5 heteroatoms. The van der Waals surface area contributed by atoms with E-state index >= 15 is 0 Å². The molecule has 21 heavy (non-hydrogen) atoms. The quantitative estimate of drug-likeness (QED) is 0.901. The molecule has 2 aliphatic rings. The summed E-state index contributed by atoms with van der Waals surface area (Å²) in [7, 11) is 2.22. The number of nitrogens with zero attached hydrogens (tertiary/aromatic N) is 3. The molecule has 0 radical (unpaired) electrons. The molecule has 116 valence electrons. The summed E-state index contributed by atoms with van der Waals surface area (Å²) in [5.41, 5.74) is 7.26. The Morgan fingerprint density at radius 2 is 2.19 bits per heavy atom. The molecule has 5 nitrogen and oxygen atoms in total. The lowest BCUT2D eigenvalue weighted by molar-refractivity contribution is 0.0310. The van der Waals surface area contributed by atoms with Crippen LogP contribution in [0.1, 0.15) is 36.7 Å². The van der Waals surface area contributed by atoms with Gasteiger partial charge in [-0.15, -0.1) is 0 Å². The minimum atomic E-state index is 0.139. The fourth-order valence-corrected chi connectivity index (χ4v) is 3.97. The van der Waals surface area contributed by atoms with Crippen LogP contribution in [0.15, 0.2) is 12.3 Å². The zero-order valence-electron chi connectivity index (χ0n) is 13.1. The number of nitrogen functional groups attached to an aromatic ring is 1. The van der Waals surface area contributed by atoms with Crippen LogP contribution in [-0.4, -0.2) is 53.0 Å². The van der Waals surface area contributed by atoms with Gasteiger partial charge in [-0.2, -0.15) is 0 Å². The second kappa shape index (κ2) is 5.72. The van der Waals surface area contributed by atoms with E-state index in [0.29, 0.717) is 17.6 Å². The third-order valence-corrected chi connectivity index (χ3v) is 5.11. The highest BCUT2D eigenvalue weighted by Gasteiger charge is 2.36. The minimum absolute atomic E-state index is 0.139. The summed E-state index contributed by atoms with van der Waals surface area (Å²) in [6, 6.07) is 2.47. The lowest BCUT2D eigenvalue weighted by atomic mass is 9.84. The van der Waals surface area contributed by atoms with Crippen molar-refractivity contribution < 1.29 is 4.79 Å². The average molecular weight is 290 g/mol. The molecule has 2 N–H and O–H groups in total. The number of carbonyl (C=O) groups excluding carboxylic acids is 1. The van der Waals surface area contributed by atoms with E-state index in [4.69, 9.17) is 5.73 Å². The molecule has 2 fully saturated rings. The molecule has 2 saturated heterocycles. The van der Waals surface area contributed by atoms with Crippen molar-refractivity contribution in [3.63, 3.8) is 0 Å². The van der Waals surface area contributed by atoms with Crippen molar-refractivity contribution in [2.24, 2.45) is 5.92 Å². The average Bonchev–Trinajstić information content (AvgIpc) is 2.87. The molecule has 2 atom stereocenters. The Balaban J connectivity index is 1.74. The van der Waals surface area contributed by atoms with Gasteiger partial charge in [-0.05, 0) is 51.8 Å². The lowest BCUT2D eigenvalue weighted by Gasteiger charge is -2.45. The Morgan fingerprint density at radius 1 is 1.38 bits per heavy atom. The fraction of sp³-hybridized carbons (Fsp3) is 0.688. The van der Waals surface area contributed by atoms with E-state index in [1.54, 1.807) is 0 Å². The van der Waals surface area contributed by atoms with Gasteiger partial charge in [-0.1, -0.05) is 0 Å². The summed E-state index contributed by atoms with van der Waals surface area (Å²) in [4.78, 5) is 17.3. The normalized spacial score (nSPS) is 26.7. The minimum Gasteiger partial charge on any atom is -0.397 e. The molecule has 1 amide bonds. The standard InChI is InChI=1S/C16H26N4O/c1-3-19-11-13(17)9-15(19)16(21)20-8-6-14-12(10-20)5-4-7-18(14)2/h9,11-12,14H,3-8,10,17H2,1-2H3. The van der Waals surface area contributed by atoms with Gasteiger partial charge in [0.15, 0.2) is 0 Å². The number of aryl methyl sites for hydroxylation is 1. The van der Waals surface area contributed by atoms with E-state index in [1.807, 2.05) is 28.7 Å². The molecule has 3 heterocycles. The van der Waals surface area contributed by atoms with Gasteiger partial charge in [0.1, 0.15) is 5.69 Å². The number of likely N-dealkylation sites (tertiary alicyclic amines) is 2. The van der Waals surface area contributed by atoms with E-state index < -0.39 is 0 Å². The molecule has 0 spiro atoms. The van der Waals surface area contributed by atoms with Gasteiger partial charge in [0.2, 0.25) is 0 Å². The smallest absolute Gasteiger partial charge is 0.270 e. The zero-order valence-corrected chi connectivity index (χ0v) is 13.1. The van der Waals surface area contributed by atoms with Crippen LogP contribution in [0.3, 0.4) is 0 Å². The first-order chi connectivity index (χ1) is 10.1. The molecule has 3 rings (SSSR count). The largest absolute Gasteiger partial charge is 0.397 e. The number of fused-ring (bicyclic) bond motifs is 1. The maximum absolute atomic E-state index is 12.8. The summed E-state index contributed by atoms with van der Waals surface area (Å²) in [6.45, 7) is 5.77. The maximum atomic E-state index is 12.8. The number of aromatic nitrogens is 1. The highest BCUT2D eigenvalue weighted by atomic mass is 16.2. The third-order valence-electron chi connectivity index (χ3n) is 5.11. The van der Waals surface area contributed by atoms with E-state index in [-0.39, 0.29) is 5.91 Å². The van der Waals surface area contributed by atoms with Gasteiger partial charge in [-0.25, -0.2) is 0 Å². The summed E-state index contributed by atoms with van der Waals surface area (Å²) >= 11 is 0. The Kier molecular flexibility index (Phi) is 3.93. The number of nitrogens with two attached hydrogens (primary N) is 1. The van der Waals surface area contributed by atoms with Gasteiger partial charge in [0.05, 0.1) is 5.69 Å². The zero-order chi connectivity index (χ0) is 15.0. The fourth-order valence-electron chi connectivity index (χ4n) is 3.97. The summed E-state index contributed by atoms with van der Waals surface area (Å²) in [6.07, 6.45) is 5.44. The van der Waals surface area contributed by atoms with Crippen LogP contribution in [0.2, 0.25) is 0 Å². The van der Waals surface area contributed by atoms with Crippen molar-refractivity contribution in [1.29, 1.82) is 0 Å². The van der Waals surface area contributed by atoms with Crippen LogP contribution < -0.4 is 5.73 Å². The van der Waals surface area contributed by atoms with Crippen LogP contribution >= 0.6 is 0 Å². The van der Waals surface area contributed by atoms with Crippen LogP contribution in [-0.2, 0) is 6.54 Å². The van der Waals surface area contributed by atoms with E-state index in [2.05, 4.69) is 11.9 Å². The number of carbonyl (C=O) groups is 1. The molecule has 0 bridgehead atoms. The van der Waals surface area contributed by atoms with Gasteiger partial charge < -0.3 is 20.1 Å². The SMILES string of the molecule is CCn1cc(N)cc1C(=O)N1CCC2C(CCCN2C)C1. The van der Waals surface area contributed by atoms with Crippen molar-refractivity contribution in [1.82, 2.24) is 14.4 Å². The number of anilines is 1. The molecule has 2 unspecified atom stereocenters. The second-order valence-corrected chi connectivity index (χ2v) is 6.43. The van der Waals surface area contributed by atoms with Crippen molar-refractivity contribution in [3.05, 3.63) is 18.0 Å². The number of rotatable bonds is 2. The molecular formula is C16H26N4O. The highest BCUT2D eigenvalue weighted by Crippen LogP contribution is 2.30. The van der Waals surface area contributed by atoms with Crippen LogP contribution in [0.5, 0.6) is 0 Å². The maximum Gasteiger partial charge on any atom is 0.270 e. The van der Waals surface area contributed by atoms with E-state index in [0.717, 1.165) is 31.7 Å². The first-order valence-electron chi connectivity index (χ1n) is 8.05. The molecule has 1 aromatic rings. The number of amides is 1. The third kappa shape index (κ3) is 2.67. The molecule has 1 aromatic heterocycles. The van der Waals surface area contributed by atoms with E-state index in [1.165, 1.54) is 19.4 Å². The molecular weight excluding hydrogens is 264 g/mol. The van der Waals surface area contributed by atoms with Gasteiger partial charge in [0.25, 0.3) is 5.91 Å². The van der Waals surface area contributed by atoms with E-state index in [9.17, 15) is 4.79 Å². The first kappa shape index (κ1) is 14.4. The lowest BCUT2D eigenvalue weighted by Crippen LogP contribution is -2.54. The molecule has 2 aliphatic heterocycles. The van der Waals surface area contributed by atoms with Crippen molar-refractivity contribution in [2.45, 2.75) is 38.8 Å². The van der Waals surface area contributed by atoms with Crippen molar-refractivity contribution in [3.8, 4) is 0 Å². The summed E-state index contributed by atoms with van der Waals surface area (Å²) in [5, 5.41) is 0. The Labute approximate surface area is 126 Å². The highest BCUT2D eigenvalue weighted by molar-refractivity contribution is 5.94. The van der Waals surface area contributed by atoms with Crippen molar-refractivity contribution >= 4 is 11.6 Å². The summed E-state index contributed by atoms with van der Waals surface area (Å²) in [5.74, 6) is 0.768. The van der Waals surface area contributed by atoms with Crippen molar-refractivity contribution in [2.75, 3.05) is 32.4 Å². The number of piperidine rings is 2. The van der Waals surface area contributed by atoms with Crippen LogP contribution in [0, 0.1) is 5.92 Å². The topological polar surface area (TPSA) is 54.5 Å². The number of hydrogen-bond acceptors (Lipinski definition) is 3. The summed E-state index contributed by atoms with van der Waals surface area (Å²) < 4.78 is 1.96. The van der Waals surface area contributed by atoms with Crippen LogP contribution in [0.25, 0.3) is 0 Å². The molecule has 0 aliphatic carbocycles. The molecule has 0 aromatic carbocycles. The van der Waals surface area contributed by atoms with Gasteiger partial charge >= 0.3 is 0 Å². The Hall–Kier alpha value is -1.49. The predicted molar refractivity (Wildman–Crippen MR) is 84.2 cm³/mol. The van der Waals surface area contributed by atoms with Crippen LogP contribution in [0.4, 0.5) is 5.69 Å². The Bertz CT molecular complexity index is 524. The molecule has 0 saturated carbocycles. The number of hydrogen-bond donors (Lipinski definition) is 1.